The number of halogens is 1. The van der Waals surface area contributed by atoms with E-state index < -0.39 is 76.0 Å². The topological polar surface area (TPSA) is 258 Å². The third-order valence-electron chi connectivity index (χ3n) is 8.36. The number of pyridine rings is 1. The normalized spacial score (nSPS) is 18.7. The number of hydrogen-bond donors (Lipinski definition) is 7. The molecular weight excluding hydrogens is 730 g/mol. The standard InChI is InChI=1S/C31H28ClN7O10S2/c32-20-15(6-7-19(40)24(20)41)25(42)34-16(29(45)46)10-49-37-21(17-12-51-31(33)35-17)26(43)36-22-27(44)39-23(30(47)48)14(11-50-28(22)39)9-38-8-2-4-13-3-1-5-18(13)38/h2,4,6-8,12,16,22,28H,1,3,5,9-11H2,(H7-,33,34,35,36,37,40,41,42,43,45,46,47,48)/p+1/t16-,22+,28+/m0/s1. The first-order valence-electron chi connectivity index (χ1n) is 15.2. The van der Waals surface area contributed by atoms with Crippen molar-refractivity contribution in [1.29, 1.82) is 0 Å². The molecule has 266 valence electrons. The summed E-state index contributed by atoms with van der Waals surface area (Å²) in [6.45, 7) is -0.501. The molecule has 0 saturated carbocycles. The molecule has 1 aliphatic carbocycles. The van der Waals surface area contributed by atoms with E-state index in [0.717, 1.165) is 53.3 Å². The SMILES string of the molecule is Nc1nc(/C(=N/OC[C@H](NC(=O)c2ccc(O)c(O)c2Cl)C(=O)O)C(=O)N[C@@H]2C(=O)N3C(C(=O)O)=C(C[n+]4cccc5c4CCC5)CS[C@H]23)cs1. The minimum Gasteiger partial charge on any atom is -0.504 e. The van der Waals surface area contributed by atoms with E-state index in [1.54, 1.807) is 0 Å². The molecule has 1 aromatic carbocycles. The van der Waals surface area contributed by atoms with Gasteiger partial charge in [0.25, 0.3) is 17.7 Å². The number of aryl methyl sites for hydroxylation is 1. The quantitative estimate of drug-likeness (QED) is 0.0440. The summed E-state index contributed by atoms with van der Waals surface area (Å²) in [7, 11) is 0. The van der Waals surface area contributed by atoms with Gasteiger partial charge < -0.3 is 41.6 Å². The number of aliphatic carboxylic acids is 2. The number of carboxylic acids is 2. The van der Waals surface area contributed by atoms with Gasteiger partial charge in [0.1, 0.15) is 29.4 Å². The molecule has 0 unspecified atom stereocenters. The van der Waals surface area contributed by atoms with Crippen LogP contribution in [0.5, 0.6) is 11.5 Å². The Hall–Kier alpha value is -5.40. The molecule has 17 nitrogen and oxygen atoms in total. The number of nitrogens with one attached hydrogen (secondary N) is 2. The number of nitrogen functional groups attached to an aromatic ring is 1. The number of oxime groups is 1. The van der Waals surface area contributed by atoms with Gasteiger partial charge in [-0.15, -0.1) is 23.1 Å². The number of amides is 3. The molecule has 0 radical (unpaired) electrons. The van der Waals surface area contributed by atoms with E-state index in [1.807, 2.05) is 16.8 Å². The van der Waals surface area contributed by atoms with Crippen molar-refractivity contribution in [3.05, 3.63) is 74.6 Å². The van der Waals surface area contributed by atoms with E-state index in [2.05, 4.69) is 26.8 Å². The number of fused-ring (bicyclic) bond motifs is 2. The van der Waals surface area contributed by atoms with Gasteiger partial charge in [-0.3, -0.25) is 19.3 Å². The zero-order valence-electron chi connectivity index (χ0n) is 26.2. The molecule has 0 spiro atoms. The molecule has 3 atom stereocenters. The van der Waals surface area contributed by atoms with E-state index >= 15 is 0 Å². The minimum absolute atomic E-state index is 0.0574. The molecule has 0 bridgehead atoms. The number of aromatic hydroxyl groups is 2. The minimum atomic E-state index is -1.73. The number of aromatic nitrogens is 2. The largest absolute Gasteiger partial charge is 0.504 e. The molecule has 4 heterocycles. The summed E-state index contributed by atoms with van der Waals surface area (Å²) in [6.07, 6.45) is 4.73. The maximum absolute atomic E-state index is 13.5. The molecule has 2 aromatic heterocycles. The number of phenols is 2. The van der Waals surface area contributed by atoms with Crippen LogP contribution in [0.3, 0.4) is 0 Å². The molecule has 6 rings (SSSR count). The van der Waals surface area contributed by atoms with Crippen LogP contribution in [0.4, 0.5) is 5.13 Å². The van der Waals surface area contributed by atoms with Gasteiger partial charge in [0.2, 0.25) is 0 Å². The van der Waals surface area contributed by atoms with Gasteiger partial charge in [-0.25, -0.2) is 14.6 Å². The molecule has 8 N–H and O–H groups in total. The van der Waals surface area contributed by atoms with E-state index in [4.69, 9.17) is 22.2 Å². The molecule has 20 heteroatoms. The first-order valence-corrected chi connectivity index (χ1v) is 17.5. The van der Waals surface area contributed by atoms with Crippen LogP contribution in [0.25, 0.3) is 0 Å². The number of nitrogens with two attached hydrogens (primary N) is 1. The van der Waals surface area contributed by atoms with Crippen LogP contribution < -0.4 is 20.9 Å². The molecule has 3 amide bonds. The Morgan fingerprint density at radius 3 is 2.69 bits per heavy atom. The van der Waals surface area contributed by atoms with Crippen molar-refractivity contribution in [3.8, 4) is 11.5 Å². The lowest BCUT2D eigenvalue weighted by atomic mass is 10.0. The summed E-state index contributed by atoms with van der Waals surface area (Å²) in [5.74, 6) is -6.50. The van der Waals surface area contributed by atoms with E-state index in [9.17, 15) is 44.4 Å². The highest BCUT2D eigenvalue weighted by molar-refractivity contribution is 8.00. The summed E-state index contributed by atoms with van der Waals surface area (Å²) < 4.78 is 2.01. The zero-order valence-corrected chi connectivity index (χ0v) is 28.6. The van der Waals surface area contributed by atoms with Gasteiger partial charge in [-0.05, 0) is 31.0 Å². The monoisotopic (exact) mass is 758 g/mol. The van der Waals surface area contributed by atoms with Crippen LogP contribution in [-0.4, -0.2) is 95.5 Å². The molecule has 1 fully saturated rings. The Balaban J connectivity index is 1.16. The van der Waals surface area contributed by atoms with Crippen LogP contribution in [-0.2, 0) is 43.4 Å². The van der Waals surface area contributed by atoms with Crippen LogP contribution in [0.2, 0.25) is 5.02 Å². The van der Waals surface area contributed by atoms with Gasteiger partial charge in [-0.1, -0.05) is 16.8 Å². The van der Waals surface area contributed by atoms with Crippen molar-refractivity contribution in [2.24, 2.45) is 5.16 Å². The van der Waals surface area contributed by atoms with E-state index in [1.165, 1.54) is 22.7 Å². The lowest BCUT2D eigenvalue weighted by Crippen LogP contribution is -2.71. The van der Waals surface area contributed by atoms with E-state index in [-0.39, 0.29) is 22.1 Å². The van der Waals surface area contributed by atoms with Crippen molar-refractivity contribution < 1.29 is 53.8 Å². The summed E-state index contributed by atoms with van der Waals surface area (Å²) in [5.41, 5.74) is 7.66. The fourth-order valence-electron chi connectivity index (χ4n) is 5.90. The fourth-order valence-corrected chi connectivity index (χ4v) is 8.03. The lowest BCUT2D eigenvalue weighted by Gasteiger charge is -2.49. The van der Waals surface area contributed by atoms with Crippen LogP contribution in [0.1, 0.15) is 33.7 Å². The number of carbonyl (C=O) groups excluding carboxylic acids is 3. The predicted octanol–water partition coefficient (Wildman–Crippen LogP) is 0.609. The molecule has 2 aliphatic heterocycles. The third-order valence-corrected chi connectivity index (χ3v) is 10.8. The number of β-lactam (4-membered cyclic amide) rings is 1. The van der Waals surface area contributed by atoms with Crippen LogP contribution >= 0.6 is 34.7 Å². The second kappa shape index (κ2) is 14.4. The number of hydrogen-bond acceptors (Lipinski definition) is 13. The van der Waals surface area contributed by atoms with Gasteiger partial charge in [0.15, 0.2) is 46.8 Å². The number of nitrogens with zero attached hydrogens (tertiary/aromatic N) is 4. The van der Waals surface area contributed by atoms with Crippen molar-refractivity contribution in [2.75, 3.05) is 18.1 Å². The summed E-state index contributed by atoms with van der Waals surface area (Å²) in [6, 6.07) is 3.16. The van der Waals surface area contributed by atoms with Crippen LogP contribution in [0.15, 0.2) is 52.3 Å². The number of thioether (sulfide) groups is 1. The highest BCUT2D eigenvalue weighted by Crippen LogP contribution is 2.41. The fraction of sp³-hybridized carbons (Fsp3) is 0.290. The number of phenolic OH excluding ortho intramolecular Hbond substituents is 2. The molecule has 51 heavy (non-hydrogen) atoms. The summed E-state index contributed by atoms with van der Waals surface area (Å²) in [5, 5.41) is 47.9. The molecule has 1 saturated heterocycles. The second-order valence-electron chi connectivity index (χ2n) is 11.5. The zero-order chi connectivity index (χ0) is 36.6. The molecular formula is C31H29ClN7O10S2+. The number of carboxylic acid groups (broad SMARTS) is 2. The summed E-state index contributed by atoms with van der Waals surface area (Å²) in [4.78, 5) is 74.3. The Labute approximate surface area is 301 Å². The number of rotatable bonds is 12. The molecule has 3 aliphatic rings. The number of benzene rings is 1. The highest BCUT2D eigenvalue weighted by Gasteiger charge is 2.55. The van der Waals surface area contributed by atoms with Gasteiger partial charge in [0.05, 0.1) is 10.6 Å². The Kier molecular flexibility index (Phi) is 10.0. The maximum atomic E-state index is 13.5. The smallest absolute Gasteiger partial charge is 0.352 e. The van der Waals surface area contributed by atoms with Gasteiger partial charge in [0, 0.05) is 34.8 Å². The van der Waals surface area contributed by atoms with Crippen molar-refractivity contribution >= 4 is 75.2 Å². The van der Waals surface area contributed by atoms with Crippen molar-refractivity contribution in [3.63, 3.8) is 0 Å². The second-order valence-corrected chi connectivity index (χ2v) is 13.9. The van der Waals surface area contributed by atoms with Crippen molar-refractivity contribution in [1.82, 2.24) is 20.5 Å². The average Bonchev–Trinajstić information content (AvgIpc) is 3.76. The highest BCUT2D eigenvalue weighted by atomic mass is 35.5. The molecule has 3 aromatic rings. The average molecular weight is 759 g/mol. The van der Waals surface area contributed by atoms with E-state index in [0.29, 0.717) is 17.9 Å². The first kappa shape index (κ1) is 35.4. The Morgan fingerprint density at radius 2 is 1.98 bits per heavy atom. The Morgan fingerprint density at radius 1 is 1.20 bits per heavy atom. The van der Waals surface area contributed by atoms with Crippen molar-refractivity contribution in [2.45, 2.75) is 43.3 Å². The Bertz CT molecular complexity index is 2040. The first-order chi connectivity index (χ1) is 24.3. The number of anilines is 1. The van der Waals surface area contributed by atoms with Gasteiger partial charge in [-0.2, -0.15) is 4.57 Å². The number of carbonyl (C=O) groups is 5. The van der Waals surface area contributed by atoms with Crippen LogP contribution in [0, 0.1) is 0 Å². The third kappa shape index (κ3) is 6.99. The van der Waals surface area contributed by atoms with Gasteiger partial charge >= 0.3 is 11.9 Å². The predicted molar refractivity (Wildman–Crippen MR) is 181 cm³/mol. The maximum Gasteiger partial charge on any atom is 0.352 e. The summed E-state index contributed by atoms with van der Waals surface area (Å²) >= 11 is 8.17. The number of thiazole rings is 1. The lowest BCUT2D eigenvalue weighted by molar-refractivity contribution is -0.696.